The van der Waals surface area contributed by atoms with Gasteiger partial charge in [-0.05, 0) is 12.1 Å². The number of aliphatic hydroxyl groups excluding tert-OH is 1. The van der Waals surface area contributed by atoms with Crippen molar-refractivity contribution >= 4 is 35.0 Å². The highest BCUT2D eigenvalue weighted by Gasteiger charge is 2.17. The van der Waals surface area contributed by atoms with Crippen LogP contribution in [-0.4, -0.2) is 50.9 Å². The van der Waals surface area contributed by atoms with E-state index in [2.05, 4.69) is 20.9 Å². The summed E-state index contributed by atoms with van der Waals surface area (Å²) in [6, 6.07) is 3.19. The number of aliphatic hydroxyl groups is 1. The fourth-order valence-electron chi connectivity index (χ4n) is 2.79. The Morgan fingerprint density at radius 2 is 1.84 bits per heavy atom. The highest BCUT2D eigenvalue weighted by atomic mass is 16.3. The number of hydrogen-bond donors (Lipinski definition) is 8. The molecule has 2 aromatic rings. The minimum Gasteiger partial charge on any atom is -0.388 e. The van der Waals surface area contributed by atoms with Crippen LogP contribution in [0.15, 0.2) is 29.5 Å². The monoisotopic (exact) mass is 432 g/mol. The van der Waals surface area contributed by atoms with Crippen molar-refractivity contribution in [2.75, 3.05) is 23.7 Å². The normalized spacial score (nSPS) is 11.5. The first kappa shape index (κ1) is 23.3. The lowest BCUT2D eigenvalue weighted by Gasteiger charge is -2.13. The number of nitrogens with two attached hydrogens (primary N) is 3. The molecule has 0 radical (unpaired) electrons. The fraction of sp³-hybridized carbons (Fsp3) is 0.333. The number of aryl methyl sites for hydroxylation is 2. The van der Waals surface area contributed by atoms with Gasteiger partial charge in [-0.1, -0.05) is 0 Å². The first-order chi connectivity index (χ1) is 14.6. The Morgan fingerprint density at radius 3 is 2.48 bits per heavy atom. The number of hydrogen-bond acceptors (Lipinski definition) is 6. The number of amidine groups is 1. The lowest BCUT2D eigenvalue weighted by Crippen LogP contribution is -2.28. The van der Waals surface area contributed by atoms with Gasteiger partial charge in [0.15, 0.2) is 12.2 Å². The van der Waals surface area contributed by atoms with Crippen molar-refractivity contribution in [3.05, 3.63) is 35.9 Å². The van der Waals surface area contributed by atoms with E-state index in [0.29, 0.717) is 22.8 Å². The number of aromatic nitrogens is 2. The summed E-state index contributed by atoms with van der Waals surface area (Å²) in [6.45, 7) is 0.0421. The van der Waals surface area contributed by atoms with Gasteiger partial charge in [-0.15, -0.1) is 0 Å². The quantitative estimate of drug-likeness (QED) is 0.129. The molecule has 2 aromatic heterocycles. The third kappa shape index (κ3) is 6.78. The summed E-state index contributed by atoms with van der Waals surface area (Å²) in [5, 5.41) is 26.0. The zero-order chi connectivity index (χ0) is 23.1. The van der Waals surface area contributed by atoms with Crippen LogP contribution in [0.25, 0.3) is 0 Å². The van der Waals surface area contributed by atoms with E-state index in [4.69, 9.17) is 22.6 Å². The minimum absolute atomic E-state index is 0.00738. The average molecular weight is 432 g/mol. The average Bonchev–Trinajstić information content (AvgIpc) is 3.21. The molecular weight excluding hydrogens is 404 g/mol. The molecule has 0 aliphatic heterocycles. The Bertz CT molecular complexity index is 987. The SMILES string of the molecule is Cn1cc(NC(O)c2cc(NC(=O)CN=C(N)N)cn2C)cc1C(=O)NCCC(=N)N. The number of anilines is 2. The molecule has 11 N–H and O–H groups in total. The van der Waals surface area contributed by atoms with Gasteiger partial charge in [0.25, 0.3) is 5.91 Å². The lowest BCUT2D eigenvalue weighted by molar-refractivity contribution is -0.114. The van der Waals surface area contributed by atoms with Gasteiger partial charge in [0.05, 0.1) is 22.9 Å². The zero-order valence-electron chi connectivity index (χ0n) is 17.3. The van der Waals surface area contributed by atoms with E-state index in [0.717, 1.165) is 0 Å². The van der Waals surface area contributed by atoms with Crippen LogP contribution in [0.3, 0.4) is 0 Å². The lowest BCUT2D eigenvalue weighted by atomic mass is 10.3. The van der Waals surface area contributed by atoms with Crippen LogP contribution in [0.2, 0.25) is 0 Å². The first-order valence-corrected chi connectivity index (χ1v) is 9.30. The molecule has 0 aliphatic rings. The van der Waals surface area contributed by atoms with Gasteiger partial charge in [0.1, 0.15) is 12.2 Å². The van der Waals surface area contributed by atoms with Gasteiger partial charge in [-0.2, -0.15) is 0 Å². The van der Waals surface area contributed by atoms with Crippen LogP contribution < -0.4 is 33.2 Å². The molecule has 0 saturated carbocycles. The number of aliphatic imine (C=N–C) groups is 1. The second-order valence-corrected chi connectivity index (χ2v) is 6.86. The Labute approximate surface area is 178 Å². The molecule has 13 heteroatoms. The molecule has 0 fully saturated rings. The standard InChI is InChI=1S/C18H28N10O3/c1-27-9-11(6-12(27)16(30)23-4-3-14(19)20)26-17(31)13-5-10(8-28(13)2)25-15(29)7-24-18(21)22/h5-6,8-9,17,26,31H,3-4,7H2,1-2H3,(H3,19,20)(H,23,30)(H,25,29)(H4,21,22,24). The molecule has 1 atom stereocenters. The Balaban J connectivity index is 2.02. The van der Waals surface area contributed by atoms with Crippen LogP contribution in [0, 0.1) is 5.41 Å². The van der Waals surface area contributed by atoms with Crippen molar-refractivity contribution in [2.45, 2.75) is 12.6 Å². The molecule has 2 amide bonds. The number of nitrogens with zero attached hydrogens (tertiary/aromatic N) is 3. The van der Waals surface area contributed by atoms with Crippen molar-refractivity contribution in [1.29, 1.82) is 5.41 Å². The van der Waals surface area contributed by atoms with Crippen LogP contribution in [0.5, 0.6) is 0 Å². The van der Waals surface area contributed by atoms with Crippen LogP contribution in [0.4, 0.5) is 11.4 Å². The summed E-state index contributed by atoms with van der Waals surface area (Å²) < 4.78 is 3.25. The maximum Gasteiger partial charge on any atom is 0.267 e. The predicted molar refractivity (Wildman–Crippen MR) is 118 cm³/mol. The Kier molecular flexibility index (Phi) is 7.63. The molecule has 2 heterocycles. The summed E-state index contributed by atoms with van der Waals surface area (Å²) in [5.74, 6) is -0.919. The molecule has 13 nitrogen and oxygen atoms in total. The van der Waals surface area contributed by atoms with E-state index in [9.17, 15) is 14.7 Å². The van der Waals surface area contributed by atoms with Crippen molar-refractivity contribution in [1.82, 2.24) is 14.5 Å². The van der Waals surface area contributed by atoms with Crippen molar-refractivity contribution < 1.29 is 14.7 Å². The molecule has 168 valence electrons. The third-order valence-electron chi connectivity index (χ3n) is 4.23. The Hall–Kier alpha value is -4.00. The molecule has 31 heavy (non-hydrogen) atoms. The third-order valence-corrected chi connectivity index (χ3v) is 4.23. The number of rotatable bonds is 10. The van der Waals surface area contributed by atoms with E-state index >= 15 is 0 Å². The van der Waals surface area contributed by atoms with Gasteiger partial charge < -0.3 is 47.4 Å². The van der Waals surface area contributed by atoms with Crippen LogP contribution in [-0.2, 0) is 18.9 Å². The number of carbonyl (C=O) groups excluding carboxylic acids is 2. The number of carbonyl (C=O) groups is 2. The topological polar surface area (TPSA) is 215 Å². The van der Waals surface area contributed by atoms with Gasteiger partial charge in [0, 0.05) is 39.5 Å². The maximum absolute atomic E-state index is 12.3. The van der Waals surface area contributed by atoms with Crippen molar-refractivity contribution in [2.24, 2.45) is 36.3 Å². The molecule has 0 aliphatic carbocycles. The molecule has 1 unspecified atom stereocenters. The van der Waals surface area contributed by atoms with E-state index in [1.54, 1.807) is 47.8 Å². The second-order valence-electron chi connectivity index (χ2n) is 6.86. The molecule has 2 rings (SSSR count). The fourth-order valence-corrected chi connectivity index (χ4v) is 2.79. The van der Waals surface area contributed by atoms with Gasteiger partial charge in [-0.25, -0.2) is 4.99 Å². The van der Waals surface area contributed by atoms with Gasteiger partial charge in [0.2, 0.25) is 5.91 Å². The molecule has 0 spiro atoms. The molecule has 0 saturated heterocycles. The second kappa shape index (κ2) is 10.2. The van der Waals surface area contributed by atoms with Crippen LogP contribution >= 0.6 is 0 Å². The Morgan fingerprint density at radius 1 is 1.16 bits per heavy atom. The van der Waals surface area contributed by atoms with E-state index < -0.39 is 12.1 Å². The van der Waals surface area contributed by atoms with Gasteiger partial charge in [-0.3, -0.25) is 15.0 Å². The van der Waals surface area contributed by atoms with Gasteiger partial charge >= 0.3 is 0 Å². The largest absolute Gasteiger partial charge is 0.388 e. The van der Waals surface area contributed by atoms with E-state index in [1.807, 2.05) is 0 Å². The summed E-state index contributed by atoms with van der Waals surface area (Å²) in [4.78, 5) is 27.7. The molecule has 0 aromatic carbocycles. The number of nitrogens with one attached hydrogen (secondary N) is 4. The van der Waals surface area contributed by atoms with E-state index in [-0.39, 0.29) is 37.2 Å². The minimum atomic E-state index is -1.11. The molecule has 0 bridgehead atoms. The smallest absolute Gasteiger partial charge is 0.267 e. The summed E-state index contributed by atoms with van der Waals surface area (Å²) in [7, 11) is 3.41. The van der Waals surface area contributed by atoms with E-state index in [1.165, 1.54) is 0 Å². The predicted octanol–water partition coefficient (Wildman–Crippen LogP) is -1.27. The van der Waals surface area contributed by atoms with Crippen LogP contribution in [0.1, 0.15) is 28.8 Å². The van der Waals surface area contributed by atoms with Crippen molar-refractivity contribution in [3.8, 4) is 0 Å². The number of guanidine groups is 1. The molecular formula is C18H28N10O3. The zero-order valence-corrected chi connectivity index (χ0v) is 17.3. The first-order valence-electron chi connectivity index (χ1n) is 9.30. The van der Waals surface area contributed by atoms with Crippen molar-refractivity contribution in [3.63, 3.8) is 0 Å². The summed E-state index contributed by atoms with van der Waals surface area (Å²) in [6.07, 6.45) is 2.44. The summed E-state index contributed by atoms with van der Waals surface area (Å²) >= 11 is 0. The number of amides is 2. The summed E-state index contributed by atoms with van der Waals surface area (Å²) in [5.41, 5.74) is 17.5. The maximum atomic E-state index is 12.3. The highest BCUT2D eigenvalue weighted by Crippen LogP contribution is 2.23. The highest BCUT2D eigenvalue weighted by molar-refractivity contribution is 5.94.